The van der Waals surface area contributed by atoms with Gasteiger partial charge in [0.05, 0.1) is 5.16 Å². The number of thiocarbonyl (C=S) groups is 1. The number of ether oxygens (including phenoxy) is 1. The van der Waals surface area contributed by atoms with Crippen molar-refractivity contribution in [1.29, 1.82) is 0 Å². The Balaban J connectivity index is 2.27. The summed E-state index contributed by atoms with van der Waals surface area (Å²) in [4.78, 5) is 3.88. The molecule has 1 aromatic carbocycles. The summed E-state index contributed by atoms with van der Waals surface area (Å²) in [5, 5.41) is 2.33. The number of hydrogen-bond acceptors (Lipinski definition) is 3. The third-order valence-corrected chi connectivity index (χ3v) is 1.93. The molecule has 0 saturated carbocycles. The van der Waals surface area contributed by atoms with Gasteiger partial charge in [0.2, 0.25) is 6.23 Å². The number of benzene rings is 1. The molecule has 2 nitrogen and oxygen atoms in total. The van der Waals surface area contributed by atoms with Crippen LogP contribution in [0.3, 0.4) is 0 Å². The van der Waals surface area contributed by atoms with Crippen LogP contribution in [0.2, 0.25) is 0 Å². The Kier molecular flexibility index (Phi) is 1.90. The lowest BCUT2D eigenvalue weighted by atomic mass is 10.2. The molecule has 2 rings (SSSR count). The predicted molar refractivity (Wildman–Crippen MR) is 49.6 cm³/mol. The maximum atomic E-state index is 5.45. The molecule has 0 radical (unpaired) electrons. The van der Waals surface area contributed by atoms with Crippen LogP contribution in [0.25, 0.3) is 0 Å². The van der Waals surface area contributed by atoms with E-state index >= 15 is 0 Å². The highest BCUT2D eigenvalue weighted by molar-refractivity contribution is 7.78. The average molecular weight is 177 g/mol. The molecule has 12 heavy (non-hydrogen) atoms. The second-order valence-electron chi connectivity index (χ2n) is 2.60. The highest BCUT2D eigenvalue weighted by Crippen LogP contribution is 2.28. The highest BCUT2D eigenvalue weighted by Gasteiger charge is 2.20. The molecular weight excluding hydrogens is 170 g/mol. The van der Waals surface area contributed by atoms with Crippen molar-refractivity contribution >= 4 is 17.4 Å². The molecular formula is C9H7NOS. The first kappa shape index (κ1) is 7.47. The van der Waals surface area contributed by atoms with Gasteiger partial charge in [0.25, 0.3) is 0 Å². The van der Waals surface area contributed by atoms with E-state index in [-0.39, 0.29) is 6.23 Å². The van der Waals surface area contributed by atoms with Crippen molar-refractivity contribution < 1.29 is 4.74 Å². The van der Waals surface area contributed by atoms with Gasteiger partial charge in [0.15, 0.2) is 0 Å². The minimum atomic E-state index is -0.153. The lowest BCUT2D eigenvalue weighted by Crippen LogP contribution is -2.07. The smallest absolute Gasteiger partial charge is 0.203 e. The van der Waals surface area contributed by atoms with Crippen LogP contribution < -0.4 is 4.74 Å². The zero-order valence-electron chi connectivity index (χ0n) is 6.36. The number of hydrogen-bond donors (Lipinski definition) is 0. The van der Waals surface area contributed by atoms with E-state index in [2.05, 4.69) is 22.4 Å². The molecule has 1 aliphatic rings. The van der Waals surface area contributed by atoms with Crippen LogP contribution >= 0.6 is 12.2 Å². The summed E-state index contributed by atoms with van der Waals surface area (Å²) < 4.78 is 5.45. The summed E-state index contributed by atoms with van der Waals surface area (Å²) >= 11 is 4.50. The summed E-state index contributed by atoms with van der Waals surface area (Å²) in [7, 11) is 0. The molecule has 0 aliphatic carbocycles. The van der Waals surface area contributed by atoms with Crippen LogP contribution in [0, 0.1) is 0 Å². The van der Waals surface area contributed by atoms with Crippen LogP contribution in [-0.2, 0) is 6.42 Å². The second kappa shape index (κ2) is 3.05. The van der Waals surface area contributed by atoms with Gasteiger partial charge >= 0.3 is 0 Å². The van der Waals surface area contributed by atoms with E-state index in [1.165, 1.54) is 5.56 Å². The number of rotatable bonds is 1. The SMILES string of the molecule is S=C=NC1Cc2ccccc2O1. The summed E-state index contributed by atoms with van der Waals surface area (Å²) in [6.07, 6.45) is 0.652. The standard InChI is InChI=1S/C9H7NOS/c12-6-10-9-5-7-3-1-2-4-8(7)11-9/h1-4,9H,5H2. The number of para-hydroxylation sites is 1. The molecule has 3 heteroatoms. The fourth-order valence-corrected chi connectivity index (χ4v) is 1.41. The average Bonchev–Trinajstić information content (AvgIpc) is 2.47. The third kappa shape index (κ3) is 1.24. The van der Waals surface area contributed by atoms with Gasteiger partial charge in [-0.3, -0.25) is 0 Å². The predicted octanol–water partition coefficient (Wildman–Crippen LogP) is 2.05. The first-order valence-electron chi connectivity index (χ1n) is 3.71. The van der Waals surface area contributed by atoms with E-state index in [9.17, 15) is 0 Å². The van der Waals surface area contributed by atoms with Crippen molar-refractivity contribution in [3.05, 3.63) is 29.8 Å². The Bertz CT molecular complexity index is 319. The van der Waals surface area contributed by atoms with Crippen molar-refractivity contribution in [2.45, 2.75) is 12.6 Å². The van der Waals surface area contributed by atoms with Gasteiger partial charge in [0.1, 0.15) is 5.75 Å². The molecule has 0 saturated heterocycles. The van der Waals surface area contributed by atoms with E-state index in [1.807, 2.05) is 24.3 Å². The number of fused-ring (bicyclic) bond motifs is 1. The molecule has 1 unspecified atom stereocenters. The summed E-state index contributed by atoms with van der Waals surface area (Å²) in [6.45, 7) is 0. The molecule has 1 aromatic rings. The maximum absolute atomic E-state index is 5.45. The first-order chi connectivity index (χ1) is 5.90. The lowest BCUT2D eigenvalue weighted by Gasteiger charge is -2.00. The monoisotopic (exact) mass is 177 g/mol. The summed E-state index contributed by atoms with van der Waals surface area (Å²) in [6, 6.07) is 7.91. The molecule has 0 aromatic heterocycles. The van der Waals surface area contributed by atoms with Crippen LogP contribution in [0.1, 0.15) is 5.56 Å². The van der Waals surface area contributed by atoms with Crippen LogP contribution in [0.5, 0.6) is 5.75 Å². The van der Waals surface area contributed by atoms with Crippen molar-refractivity contribution in [3.8, 4) is 5.75 Å². The van der Waals surface area contributed by atoms with Gasteiger partial charge in [-0.25, -0.2) is 0 Å². The van der Waals surface area contributed by atoms with Gasteiger partial charge in [-0.05, 0) is 23.8 Å². The molecule has 0 fully saturated rings. The summed E-state index contributed by atoms with van der Waals surface area (Å²) in [5.74, 6) is 0.913. The van der Waals surface area contributed by atoms with E-state index in [0.29, 0.717) is 0 Å². The molecule has 0 bridgehead atoms. The molecule has 0 amide bonds. The Morgan fingerprint density at radius 1 is 1.50 bits per heavy atom. The zero-order valence-corrected chi connectivity index (χ0v) is 7.17. The number of isothiocyanates is 1. The maximum Gasteiger partial charge on any atom is 0.203 e. The molecule has 0 N–H and O–H groups in total. The van der Waals surface area contributed by atoms with Gasteiger partial charge in [-0.2, -0.15) is 4.99 Å². The Hall–Kier alpha value is -1.18. The van der Waals surface area contributed by atoms with Gasteiger partial charge in [-0.1, -0.05) is 18.2 Å². The van der Waals surface area contributed by atoms with Crippen LogP contribution in [0.4, 0.5) is 0 Å². The summed E-state index contributed by atoms with van der Waals surface area (Å²) in [5.41, 5.74) is 1.19. The number of aliphatic imine (C=N–C) groups is 1. The molecule has 0 spiro atoms. The second-order valence-corrected chi connectivity index (χ2v) is 2.79. The highest BCUT2D eigenvalue weighted by atomic mass is 32.1. The van der Waals surface area contributed by atoms with Crippen molar-refractivity contribution in [2.75, 3.05) is 0 Å². The van der Waals surface area contributed by atoms with E-state index in [0.717, 1.165) is 12.2 Å². The van der Waals surface area contributed by atoms with E-state index in [1.54, 1.807) is 0 Å². The molecule has 1 aliphatic heterocycles. The number of nitrogens with zero attached hydrogens (tertiary/aromatic N) is 1. The largest absolute Gasteiger partial charge is 0.467 e. The fraction of sp³-hybridized carbons (Fsp3) is 0.222. The molecule has 1 heterocycles. The molecule has 1 atom stereocenters. The van der Waals surface area contributed by atoms with Gasteiger partial charge in [0, 0.05) is 6.42 Å². The van der Waals surface area contributed by atoms with Crippen LogP contribution in [0.15, 0.2) is 29.3 Å². The van der Waals surface area contributed by atoms with E-state index < -0.39 is 0 Å². The molecule has 60 valence electrons. The minimum Gasteiger partial charge on any atom is -0.467 e. The Morgan fingerprint density at radius 2 is 2.33 bits per heavy atom. The Morgan fingerprint density at radius 3 is 3.08 bits per heavy atom. The van der Waals surface area contributed by atoms with Crippen molar-refractivity contribution in [1.82, 2.24) is 0 Å². The fourth-order valence-electron chi connectivity index (χ4n) is 1.29. The quantitative estimate of drug-likeness (QED) is 0.483. The lowest BCUT2D eigenvalue weighted by molar-refractivity contribution is 0.245. The first-order valence-corrected chi connectivity index (χ1v) is 4.12. The van der Waals surface area contributed by atoms with Crippen molar-refractivity contribution in [2.24, 2.45) is 4.99 Å². The third-order valence-electron chi connectivity index (χ3n) is 1.83. The van der Waals surface area contributed by atoms with Gasteiger partial charge < -0.3 is 4.74 Å². The Labute approximate surface area is 75.9 Å². The van der Waals surface area contributed by atoms with Crippen LogP contribution in [-0.4, -0.2) is 11.4 Å². The zero-order chi connectivity index (χ0) is 8.39. The van der Waals surface area contributed by atoms with Crippen molar-refractivity contribution in [3.63, 3.8) is 0 Å². The van der Waals surface area contributed by atoms with Gasteiger partial charge in [-0.15, -0.1) is 0 Å². The van der Waals surface area contributed by atoms with E-state index in [4.69, 9.17) is 4.74 Å². The minimum absolute atomic E-state index is 0.153. The topological polar surface area (TPSA) is 21.6 Å². The normalized spacial score (nSPS) is 19.2.